The van der Waals surface area contributed by atoms with Crippen molar-refractivity contribution in [3.8, 4) is 0 Å². The van der Waals surface area contributed by atoms with Gasteiger partial charge in [0.05, 0.1) is 18.8 Å². The van der Waals surface area contributed by atoms with Gasteiger partial charge in [0.25, 0.3) is 0 Å². The Bertz CT molecular complexity index is 752. The first kappa shape index (κ1) is 45.5. The van der Waals surface area contributed by atoms with E-state index < -0.39 is 36.9 Å². The number of amides is 1. The first-order valence-corrected chi connectivity index (χ1v) is 19.9. The second kappa shape index (κ2) is 35.8. The maximum Gasteiger partial charge on any atom is 0.249 e. The molecule has 0 heterocycles. The van der Waals surface area contributed by atoms with E-state index in [1.165, 1.54) is 103 Å². The van der Waals surface area contributed by atoms with Crippen LogP contribution in [-0.2, 0) is 4.79 Å². The van der Waals surface area contributed by atoms with E-state index in [4.69, 9.17) is 0 Å². The Morgan fingerprint density at radius 3 is 1.34 bits per heavy atom. The Labute approximate surface area is 290 Å². The molecule has 0 aliphatic heterocycles. The second-order valence-electron chi connectivity index (χ2n) is 13.6. The zero-order chi connectivity index (χ0) is 34.6. The number of aliphatic hydroxyl groups is 4. The van der Waals surface area contributed by atoms with Gasteiger partial charge in [0.2, 0.25) is 5.91 Å². The van der Waals surface area contributed by atoms with Crippen LogP contribution in [0.4, 0.5) is 0 Å². The summed E-state index contributed by atoms with van der Waals surface area (Å²) in [4.78, 5) is 12.4. The zero-order valence-electron chi connectivity index (χ0n) is 30.8. The monoisotopic (exact) mass is 664 g/mol. The van der Waals surface area contributed by atoms with Gasteiger partial charge >= 0.3 is 0 Å². The fourth-order valence-electron chi connectivity index (χ4n) is 5.85. The summed E-state index contributed by atoms with van der Waals surface area (Å²) in [5.41, 5.74) is 0. The van der Waals surface area contributed by atoms with Gasteiger partial charge in [-0.2, -0.15) is 0 Å². The van der Waals surface area contributed by atoms with Gasteiger partial charge in [-0.1, -0.05) is 159 Å². The molecular formula is C41H77NO5. The fourth-order valence-corrected chi connectivity index (χ4v) is 5.85. The van der Waals surface area contributed by atoms with Gasteiger partial charge in [-0.25, -0.2) is 0 Å². The molecule has 1 amide bonds. The van der Waals surface area contributed by atoms with Crippen LogP contribution in [0.2, 0.25) is 0 Å². The minimum Gasteiger partial charge on any atom is -0.394 e. The number of hydrogen-bond acceptors (Lipinski definition) is 5. The lowest BCUT2D eigenvalue weighted by atomic mass is 10.00. The number of allylic oxidation sites excluding steroid dienone is 6. The van der Waals surface area contributed by atoms with Crippen molar-refractivity contribution in [1.82, 2.24) is 5.32 Å². The molecule has 0 bridgehead atoms. The van der Waals surface area contributed by atoms with Gasteiger partial charge in [0, 0.05) is 0 Å². The number of unbranched alkanes of at least 4 members (excludes halogenated alkanes) is 20. The van der Waals surface area contributed by atoms with Gasteiger partial charge in [0.15, 0.2) is 0 Å². The molecule has 0 aliphatic carbocycles. The van der Waals surface area contributed by atoms with Crippen LogP contribution >= 0.6 is 0 Å². The minimum atomic E-state index is -1.29. The third kappa shape index (κ3) is 30.3. The number of nitrogens with one attached hydrogen (secondary N) is 1. The molecule has 0 saturated carbocycles. The summed E-state index contributed by atoms with van der Waals surface area (Å²) in [6.45, 7) is 4.00. The second-order valence-corrected chi connectivity index (χ2v) is 13.6. The van der Waals surface area contributed by atoms with Gasteiger partial charge < -0.3 is 25.7 Å². The van der Waals surface area contributed by atoms with Crippen molar-refractivity contribution in [1.29, 1.82) is 0 Å². The molecule has 0 saturated heterocycles. The van der Waals surface area contributed by atoms with Crippen LogP contribution in [0.15, 0.2) is 36.5 Å². The van der Waals surface area contributed by atoms with Crippen molar-refractivity contribution >= 4 is 5.91 Å². The molecule has 0 rings (SSSR count). The van der Waals surface area contributed by atoms with Crippen LogP contribution in [0.1, 0.15) is 187 Å². The van der Waals surface area contributed by atoms with Crippen LogP contribution in [-0.4, -0.2) is 57.3 Å². The van der Waals surface area contributed by atoms with Crippen LogP contribution in [0.25, 0.3) is 0 Å². The largest absolute Gasteiger partial charge is 0.394 e. The number of rotatable bonds is 35. The molecule has 5 N–H and O–H groups in total. The maximum atomic E-state index is 12.4. The van der Waals surface area contributed by atoms with Gasteiger partial charge in [-0.05, 0) is 64.2 Å². The van der Waals surface area contributed by atoms with Crippen LogP contribution in [0.3, 0.4) is 0 Å². The smallest absolute Gasteiger partial charge is 0.249 e. The topological polar surface area (TPSA) is 110 Å². The highest BCUT2D eigenvalue weighted by Crippen LogP contribution is 2.14. The summed E-state index contributed by atoms with van der Waals surface area (Å²) in [5.74, 6) is -0.602. The highest BCUT2D eigenvalue weighted by molar-refractivity contribution is 5.80. The van der Waals surface area contributed by atoms with E-state index in [-0.39, 0.29) is 0 Å². The Morgan fingerprint density at radius 1 is 0.511 bits per heavy atom. The molecule has 276 valence electrons. The summed E-state index contributed by atoms with van der Waals surface area (Å²) in [7, 11) is 0. The Morgan fingerprint density at radius 2 is 0.894 bits per heavy atom. The van der Waals surface area contributed by atoms with E-state index in [9.17, 15) is 25.2 Å². The third-order valence-corrected chi connectivity index (χ3v) is 9.06. The van der Waals surface area contributed by atoms with E-state index in [0.717, 1.165) is 51.4 Å². The molecule has 4 atom stereocenters. The summed E-state index contributed by atoms with van der Waals surface area (Å²) in [6, 6.07) is -1.01. The molecule has 0 fully saturated rings. The van der Waals surface area contributed by atoms with Crippen LogP contribution in [0.5, 0.6) is 0 Å². The Balaban J connectivity index is 3.87. The van der Waals surface area contributed by atoms with E-state index in [1.807, 2.05) is 0 Å². The quantitative estimate of drug-likeness (QED) is 0.0343. The molecule has 47 heavy (non-hydrogen) atoms. The average molecular weight is 664 g/mol. The van der Waals surface area contributed by atoms with Crippen LogP contribution < -0.4 is 5.32 Å². The van der Waals surface area contributed by atoms with Gasteiger partial charge in [-0.15, -0.1) is 0 Å². The van der Waals surface area contributed by atoms with Crippen molar-refractivity contribution in [2.24, 2.45) is 0 Å². The van der Waals surface area contributed by atoms with Gasteiger partial charge in [-0.3, -0.25) is 4.79 Å². The number of carbonyl (C=O) groups excluding carboxylic acids is 1. The summed E-state index contributed by atoms with van der Waals surface area (Å²) >= 11 is 0. The average Bonchev–Trinajstić information content (AvgIpc) is 3.07. The summed E-state index contributed by atoms with van der Waals surface area (Å²) < 4.78 is 0. The van der Waals surface area contributed by atoms with Crippen molar-refractivity contribution < 1.29 is 25.2 Å². The van der Waals surface area contributed by atoms with E-state index in [1.54, 1.807) is 0 Å². The Kier molecular flexibility index (Phi) is 34.7. The lowest BCUT2D eigenvalue weighted by Crippen LogP contribution is -2.53. The van der Waals surface area contributed by atoms with Crippen molar-refractivity contribution in [3.05, 3.63) is 36.5 Å². The number of hydrogen-bond donors (Lipinski definition) is 5. The molecule has 0 aromatic rings. The van der Waals surface area contributed by atoms with Crippen LogP contribution in [0, 0.1) is 0 Å². The number of aliphatic hydroxyl groups excluding tert-OH is 4. The molecule has 0 spiro atoms. The summed E-state index contributed by atoms with van der Waals surface area (Å²) in [5, 5.41) is 43.4. The lowest BCUT2D eigenvalue weighted by molar-refractivity contribution is -0.132. The molecule has 6 nitrogen and oxygen atoms in total. The van der Waals surface area contributed by atoms with Gasteiger partial charge in [0.1, 0.15) is 12.2 Å². The highest BCUT2D eigenvalue weighted by atomic mass is 16.3. The van der Waals surface area contributed by atoms with Crippen molar-refractivity contribution in [3.63, 3.8) is 0 Å². The molecule has 0 aromatic heterocycles. The Hall–Kier alpha value is -1.47. The predicted molar refractivity (Wildman–Crippen MR) is 200 cm³/mol. The molecule has 0 aromatic carbocycles. The van der Waals surface area contributed by atoms with E-state index in [0.29, 0.717) is 19.3 Å². The number of carbonyl (C=O) groups is 1. The predicted octanol–water partition coefficient (Wildman–Crippen LogP) is 9.79. The lowest BCUT2D eigenvalue weighted by Gasteiger charge is -2.27. The summed E-state index contributed by atoms with van der Waals surface area (Å²) in [6.07, 6.45) is 40.3. The van der Waals surface area contributed by atoms with E-state index >= 15 is 0 Å². The highest BCUT2D eigenvalue weighted by Gasteiger charge is 2.28. The first-order chi connectivity index (χ1) is 23.0. The third-order valence-electron chi connectivity index (χ3n) is 9.06. The SMILES string of the molecule is CCCCCCCCC/C=C/CC/C=C/CC/C=C/CCCC(O)C(O)C(CO)NC(=O)C(O)CCCCCCCCCCCCC. The van der Waals surface area contributed by atoms with E-state index in [2.05, 4.69) is 55.6 Å². The first-order valence-electron chi connectivity index (χ1n) is 19.9. The maximum absolute atomic E-state index is 12.4. The molecule has 0 aliphatic rings. The van der Waals surface area contributed by atoms with Crippen molar-refractivity contribution in [2.75, 3.05) is 6.61 Å². The minimum absolute atomic E-state index is 0.360. The molecular weight excluding hydrogens is 586 g/mol. The normalized spacial score (nSPS) is 14.8. The standard InChI is InChI=1S/C41H77NO5/c1-3-5-7-9-11-13-15-16-17-18-19-20-21-22-23-25-26-28-30-32-34-38(44)40(46)37(36-43)42-41(47)39(45)35-33-31-29-27-24-14-12-10-8-6-4-2/h17-18,21-22,26,28,37-40,43-46H,3-16,19-20,23-25,27,29-36H2,1-2H3,(H,42,47)/b18-17+,22-21+,28-26+. The zero-order valence-corrected chi connectivity index (χ0v) is 30.8. The molecule has 6 heteroatoms. The molecule has 0 radical (unpaired) electrons. The fraction of sp³-hybridized carbons (Fsp3) is 0.829. The molecule has 4 unspecified atom stereocenters. The van der Waals surface area contributed by atoms with Crippen molar-refractivity contribution in [2.45, 2.75) is 212 Å².